The van der Waals surface area contributed by atoms with Crippen molar-refractivity contribution in [3.8, 4) is 6.07 Å². The average Bonchev–Trinajstić information content (AvgIpc) is 2.69. The van der Waals surface area contributed by atoms with E-state index in [2.05, 4.69) is 26.7 Å². The van der Waals surface area contributed by atoms with Crippen LogP contribution < -0.4 is 15.5 Å². The molecule has 1 aliphatic rings. The second-order valence-corrected chi connectivity index (χ2v) is 6.99. The SMILES string of the molecule is CN(C)c1ccnc(N[C@H]2CC[C@@H](NC(=O)c3cccc(C#N)c3)CC2)n1. The normalized spacial score (nSPS) is 19.0. The number of amides is 1. The van der Waals surface area contributed by atoms with Gasteiger partial charge in [0.15, 0.2) is 0 Å². The van der Waals surface area contributed by atoms with Crippen molar-refractivity contribution in [1.82, 2.24) is 15.3 Å². The zero-order valence-electron chi connectivity index (χ0n) is 15.6. The molecular formula is C20H24N6O. The summed E-state index contributed by atoms with van der Waals surface area (Å²) < 4.78 is 0. The smallest absolute Gasteiger partial charge is 0.251 e. The fourth-order valence-electron chi connectivity index (χ4n) is 3.23. The number of anilines is 2. The monoisotopic (exact) mass is 364 g/mol. The molecule has 2 N–H and O–H groups in total. The third kappa shape index (κ3) is 4.94. The highest BCUT2D eigenvalue weighted by Gasteiger charge is 2.23. The number of carbonyl (C=O) groups excluding carboxylic acids is 1. The van der Waals surface area contributed by atoms with Gasteiger partial charge in [-0.15, -0.1) is 0 Å². The molecule has 27 heavy (non-hydrogen) atoms. The summed E-state index contributed by atoms with van der Waals surface area (Å²) in [5.41, 5.74) is 1.03. The van der Waals surface area contributed by atoms with Gasteiger partial charge >= 0.3 is 0 Å². The number of nitrogens with zero attached hydrogens (tertiary/aromatic N) is 4. The number of aromatic nitrogens is 2. The first-order valence-electron chi connectivity index (χ1n) is 9.13. The predicted octanol–water partition coefficient (Wildman–Crippen LogP) is 2.57. The summed E-state index contributed by atoms with van der Waals surface area (Å²) in [6, 6.07) is 11.2. The summed E-state index contributed by atoms with van der Waals surface area (Å²) in [6.07, 6.45) is 5.44. The molecule has 140 valence electrons. The second kappa shape index (κ2) is 8.49. The number of benzene rings is 1. The molecule has 7 nitrogen and oxygen atoms in total. The summed E-state index contributed by atoms with van der Waals surface area (Å²) in [5.74, 6) is 1.39. The minimum Gasteiger partial charge on any atom is -0.363 e. The molecule has 0 saturated heterocycles. The maximum absolute atomic E-state index is 12.4. The molecule has 0 spiro atoms. The molecule has 0 bridgehead atoms. The van der Waals surface area contributed by atoms with Crippen LogP contribution in [-0.4, -0.2) is 42.1 Å². The van der Waals surface area contributed by atoms with Crippen LogP contribution in [0.25, 0.3) is 0 Å². The highest BCUT2D eigenvalue weighted by Crippen LogP contribution is 2.22. The lowest BCUT2D eigenvalue weighted by Gasteiger charge is -2.29. The van der Waals surface area contributed by atoms with Crippen LogP contribution in [0.15, 0.2) is 36.5 Å². The van der Waals surface area contributed by atoms with E-state index in [1.807, 2.05) is 25.1 Å². The van der Waals surface area contributed by atoms with Crippen molar-refractivity contribution < 1.29 is 4.79 Å². The summed E-state index contributed by atoms with van der Waals surface area (Å²) in [4.78, 5) is 23.1. The molecule has 0 aliphatic heterocycles. The maximum atomic E-state index is 12.4. The number of hydrogen-bond acceptors (Lipinski definition) is 6. The van der Waals surface area contributed by atoms with Crippen LogP contribution in [0, 0.1) is 11.3 Å². The Morgan fingerprint density at radius 2 is 1.93 bits per heavy atom. The second-order valence-electron chi connectivity index (χ2n) is 6.99. The van der Waals surface area contributed by atoms with E-state index in [-0.39, 0.29) is 11.9 Å². The zero-order valence-corrected chi connectivity index (χ0v) is 15.6. The van der Waals surface area contributed by atoms with Gasteiger partial charge in [-0.2, -0.15) is 10.2 Å². The van der Waals surface area contributed by atoms with Crippen LogP contribution in [0.1, 0.15) is 41.6 Å². The molecule has 0 radical (unpaired) electrons. The number of nitriles is 1. The van der Waals surface area contributed by atoms with Gasteiger partial charge in [0.05, 0.1) is 11.6 Å². The van der Waals surface area contributed by atoms with Crippen LogP contribution >= 0.6 is 0 Å². The molecule has 1 aromatic heterocycles. The Morgan fingerprint density at radius 3 is 2.63 bits per heavy atom. The standard InChI is InChI=1S/C20H24N6O/c1-26(2)18-10-11-22-20(25-18)24-17-8-6-16(7-9-17)23-19(27)15-5-3-4-14(12-15)13-21/h3-5,10-12,16-17H,6-9H2,1-2H3,(H,23,27)(H,22,24,25)/t16-,17+. The first-order valence-corrected chi connectivity index (χ1v) is 9.13. The van der Waals surface area contributed by atoms with Crippen molar-refractivity contribution in [3.05, 3.63) is 47.7 Å². The van der Waals surface area contributed by atoms with Crippen molar-refractivity contribution in [3.63, 3.8) is 0 Å². The van der Waals surface area contributed by atoms with Gasteiger partial charge in [0.1, 0.15) is 5.82 Å². The highest BCUT2D eigenvalue weighted by molar-refractivity contribution is 5.94. The largest absolute Gasteiger partial charge is 0.363 e. The lowest BCUT2D eigenvalue weighted by molar-refractivity contribution is 0.0926. The summed E-state index contributed by atoms with van der Waals surface area (Å²) >= 11 is 0. The van der Waals surface area contributed by atoms with Crippen LogP contribution in [0.4, 0.5) is 11.8 Å². The van der Waals surface area contributed by atoms with Crippen LogP contribution in [0.5, 0.6) is 0 Å². The molecule has 1 aromatic carbocycles. The van der Waals surface area contributed by atoms with Gasteiger partial charge in [0, 0.05) is 37.9 Å². The number of hydrogen-bond donors (Lipinski definition) is 2. The lowest BCUT2D eigenvalue weighted by Crippen LogP contribution is -2.40. The Kier molecular flexibility index (Phi) is 5.87. The van der Waals surface area contributed by atoms with Crippen LogP contribution in [0.3, 0.4) is 0 Å². The van der Waals surface area contributed by atoms with Crippen molar-refractivity contribution >= 4 is 17.7 Å². The predicted molar refractivity (Wildman–Crippen MR) is 105 cm³/mol. The van der Waals surface area contributed by atoms with Gasteiger partial charge in [-0.3, -0.25) is 4.79 Å². The fraction of sp³-hybridized carbons (Fsp3) is 0.400. The van der Waals surface area contributed by atoms with E-state index in [0.717, 1.165) is 31.5 Å². The Bertz CT molecular complexity index is 836. The first-order chi connectivity index (χ1) is 13.0. The Labute approximate surface area is 159 Å². The number of carbonyl (C=O) groups is 1. The van der Waals surface area contributed by atoms with Crippen molar-refractivity contribution in [2.45, 2.75) is 37.8 Å². The third-order valence-electron chi connectivity index (χ3n) is 4.75. The van der Waals surface area contributed by atoms with Gasteiger partial charge in [0.2, 0.25) is 5.95 Å². The quantitative estimate of drug-likeness (QED) is 0.847. The van der Waals surface area contributed by atoms with E-state index in [1.165, 1.54) is 0 Å². The summed E-state index contributed by atoms with van der Waals surface area (Å²) in [5, 5.41) is 15.4. The molecule has 0 atom stereocenters. The molecule has 1 saturated carbocycles. The van der Waals surface area contributed by atoms with Gasteiger partial charge in [0.25, 0.3) is 5.91 Å². The molecule has 1 fully saturated rings. The van der Waals surface area contributed by atoms with Crippen molar-refractivity contribution in [2.24, 2.45) is 0 Å². The molecule has 1 amide bonds. The zero-order chi connectivity index (χ0) is 19.2. The number of nitrogens with one attached hydrogen (secondary N) is 2. The van der Waals surface area contributed by atoms with Crippen LogP contribution in [-0.2, 0) is 0 Å². The fourth-order valence-corrected chi connectivity index (χ4v) is 3.23. The van der Waals surface area contributed by atoms with E-state index in [9.17, 15) is 4.79 Å². The van der Waals surface area contributed by atoms with Gasteiger partial charge < -0.3 is 15.5 Å². The van der Waals surface area contributed by atoms with Crippen molar-refractivity contribution in [2.75, 3.05) is 24.3 Å². The van der Waals surface area contributed by atoms with E-state index < -0.39 is 0 Å². The van der Waals surface area contributed by atoms with Crippen LogP contribution in [0.2, 0.25) is 0 Å². The summed E-state index contributed by atoms with van der Waals surface area (Å²) in [6.45, 7) is 0. The molecule has 3 rings (SSSR count). The Hall–Kier alpha value is -3.14. The third-order valence-corrected chi connectivity index (χ3v) is 4.75. The van der Waals surface area contributed by atoms with Gasteiger partial charge in [-0.1, -0.05) is 6.07 Å². The van der Waals surface area contributed by atoms with E-state index >= 15 is 0 Å². The Balaban J connectivity index is 1.51. The molecule has 1 aliphatic carbocycles. The summed E-state index contributed by atoms with van der Waals surface area (Å²) in [7, 11) is 3.90. The highest BCUT2D eigenvalue weighted by atomic mass is 16.1. The van der Waals surface area contributed by atoms with E-state index in [1.54, 1.807) is 30.5 Å². The average molecular weight is 364 g/mol. The molecular weight excluding hydrogens is 340 g/mol. The minimum absolute atomic E-state index is 0.120. The maximum Gasteiger partial charge on any atom is 0.251 e. The van der Waals surface area contributed by atoms with E-state index in [0.29, 0.717) is 23.1 Å². The lowest BCUT2D eigenvalue weighted by atomic mass is 9.91. The minimum atomic E-state index is -0.120. The number of rotatable bonds is 5. The van der Waals surface area contributed by atoms with Gasteiger partial charge in [-0.05, 0) is 49.9 Å². The molecule has 2 aromatic rings. The molecule has 7 heteroatoms. The van der Waals surface area contributed by atoms with Gasteiger partial charge in [-0.25, -0.2) is 4.98 Å². The topological polar surface area (TPSA) is 93.9 Å². The van der Waals surface area contributed by atoms with E-state index in [4.69, 9.17) is 5.26 Å². The Morgan fingerprint density at radius 1 is 1.19 bits per heavy atom. The molecule has 0 unspecified atom stereocenters. The molecule has 1 heterocycles. The first kappa shape index (κ1) is 18.6. The van der Waals surface area contributed by atoms with Crippen molar-refractivity contribution in [1.29, 1.82) is 5.26 Å².